The first-order chi connectivity index (χ1) is 14.1. The molecule has 6 heteroatoms. The lowest BCUT2D eigenvalue weighted by atomic mass is 10.0. The number of carbonyl (C=O) groups is 1. The minimum atomic E-state index is -0.0676. The fraction of sp³-hybridized carbons (Fsp3) is 0.348. The highest BCUT2D eigenvalue weighted by Crippen LogP contribution is 2.38. The van der Waals surface area contributed by atoms with E-state index in [-0.39, 0.29) is 12.3 Å². The van der Waals surface area contributed by atoms with Gasteiger partial charge >= 0.3 is 0 Å². The van der Waals surface area contributed by atoms with Crippen molar-refractivity contribution >= 4 is 16.9 Å². The zero-order valence-corrected chi connectivity index (χ0v) is 17.0. The summed E-state index contributed by atoms with van der Waals surface area (Å²) in [5, 5.41) is 4.00. The van der Waals surface area contributed by atoms with Crippen LogP contribution in [0.15, 0.2) is 34.9 Å². The molecule has 2 aromatic carbocycles. The van der Waals surface area contributed by atoms with Gasteiger partial charge in [-0.15, -0.1) is 0 Å². The Hall–Kier alpha value is -3.15. The summed E-state index contributed by atoms with van der Waals surface area (Å²) in [5.41, 5.74) is 5.38. The van der Waals surface area contributed by atoms with E-state index in [4.69, 9.17) is 18.6 Å². The van der Waals surface area contributed by atoms with E-state index in [2.05, 4.69) is 17.4 Å². The fourth-order valence-electron chi connectivity index (χ4n) is 3.96. The molecule has 6 nitrogen and oxygen atoms in total. The van der Waals surface area contributed by atoms with E-state index in [1.54, 1.807) is 27.6 Å². The maximum absolute atomic E-state index is 12.6. The molecule has 1 aromatic heterocycles. The van der Waals surface area contributed by atoms with Gasteiger partial charge in [-0.3, -0.25) is 4.79 Å². The molecule has 1 amide bonds. The first-order valence-electron chi connectivity index (χ1n) is 9.70. The van der Waals surface area contributed by atoms with E-state index in [0.717, 1.165) is 34.9 Å². The molecule has 1 N–H and O–H groups in total. The van der Waals surface area contributed by atoms with Gasteiger partial charge in [0.25, 0.3) is 0 Å². The first-order valence-corrected chi connectivity index (χ1v) is 9.70. The largest absolute Gasteiger partial charge is 0.493 e. The zero-order valence-electron chi connectivity index (χ0n) is 17.0. The lowest BCUT2D eigenvalue weighted by molar-refractivity contribution is -0.120. The second kappa shape index (κ2) is 8.07. The van der Waals surface area contributed by atoms with Crippen molar-refractivity contribution in [3.8, 4) is 17.2 Å². The summed E-state index contributed by atoms with van der Waals surface area (Å²) >= 11 is 0. The summed E-state index contributed by atoms with van der Waals surface area (Å²) < 4.78 is 21.8. The Bertz CT molecular complexity index is 1030. The van der Waals surface area contributed by atoms with Crippen LogP contribution in [0.3, 0.4) is 0 Å². The van der Waals surface area contributed by atoms with Crippen LogP contribution in [0, 0.1) is 0 Å². The van der Waals surface area contributed by atoms with Crippen LogP contribution in [0.25, 0.3) is 11.0 Å². The molecule has 0 bridgehead atoms. The van der Waals surface area contributed by atoms with Gasteiger partial charge in [-0.1, -0.05) is 0 Å². The highest BCUT2D eigenvalue weighted by atomic mass is 16.5. The van der Waals surface area contributed by atoms with Crippen LogP contribution in [0.4, 0.5) is 0 Å². The van der Waals surface area contributed by atoms with Gasteiger partial charge in [-0.2, -0.15) is 0 Å². The molecule has 0 radical (unpaired) electrons. The topological polar surface area (TPSA) is 69.9 Å². The molecule has 152 valence electrons. The number of hydrogen-bond acceptors (Lipinski definition) is 5. The van der Waals surface area contributed by atoms with Crippen LogP contribution < -0.4 is 19.5 Å². The number of fused-ring (bicyclic) bond motifs is 2. The zero-order chi connectivity index (χ0) is 20.4. The molecule has 0 saturated carbocycles. The Labute approximate surface area is 169 Å². The Morgan fingerprint density at radius 1 is 1.00 bits per heavy atom. The van der Waals surface area contributed by atoms with Crippen molar-refractivity contribution < 1.29 is 23.4 Å². The molecule has 0 spiro atoms. The predicted octanol–water partition coefficient (Wildman–Crippen LogP) is 3.81. The Morgan fingerprint density at radius 2 is 1.69 bits per heavy atom. The molecular weight excluding hydrogens is 370 g/mol. The second-order valence-corrected chi connectivity index (χ2v) is 7.22. The van der Waals surface area contributed by atoms with Gasteiger partial charge in [-0.05, 0) is 60.2 Å². The SMILES string of the molecule is COc1cc(CNC(=O)Cc2coc3cc4c(cc23)CCC4)cc(OC)c1OC. The standard InChI is InChI=1S/C23H25NO5/c1-26-20-7-14(8-21(27-2)23(20)28-3)12-24-22(25)11-17-13-29-19-10-16-6-4-5-15(16)9-18(17)19/h7-10,13H,4-6,11-12H2,1-3H3,(H,24,25). The van der Waals surface area contributed by atoms with Crippen LogP contribution in [0.1, 0.15) is 28.7 Å². The summed E-state index contributed by atoms with van der Waals surface area (Å²) in [6.07, 6.45) is 5.36. The number of hydrogen-bond donors (Lipinski definition) is 1. The van der Waals surface area contributed by atoms with E-state index in [0.29, 0.717) is 23.8 Å². The number of carbonyl (C=O) groups excluding carboxylic acids is 1. The lowest BCUT2D eigenvalue weighted by Gasteiger charge is -2.14. The van der Waals surface area contributed by atoms with Crippen molar-refractivity contribution in [3.63, 3.8) is 0 Å². The Kier molecular flexibility index (Phi) is 5.34. The van der Waals surface area contributed by atoms with Crippen molar-refractivity contribution in [1.82, 2.24) is 5.32 Å². The number of furan rings is 1. The molecule has 0 unspecified atom stereocenters. The van der Waals surface area contributed by atoms with E-state index in [1.165, 1.54) is 17.5 Å². The number of aryl methyl sites for hydroxylation is 2. The molecule has 1 aliphatic rings. The summed E-state index contributed by atoms with van der Waals surface area (Å²) in [4.78, 5) is 12.6. The van der Waals surface area contributed by atoms with E-state index >= 15 is 0 Å². The quantitative estimate of drug-likeness (QED) is 0.659. The molecule has 0 saturated heterocycles. The Morgan fingerprint density at radius 3 is 2.34 bits per heavy atom. The summed E-state index contributed by atoms with van der Waals surface area (Å²) in [6.45, 7) is 0.362. The average molecular weight is 395 g/mol. The van der Waals surface area contributed by atoms with Gasteiger partial charge in [0.2, 0.25) is 11.7 Å². The highest BCUT2D eigenvalue weighted by Gasteiger charge is 2.17. The molecule has 4 rings (SSSR count). The maximum atomic E-state index is 12.6. The summed E-state index contributed by atoms with van der Waals surface area (Å²) in [7, 11) is 4.70. The van der Waals surface area contributed by atoms with E-state index < -0.39 is 0 Å². The van der Waals surface area contributed by atoms with Crippen LogP contribution >= 0.6 is 0 Å². The number of rotatable bonds is 7. The number of benzene rings is 2. The molecule has 1 aliphatic carbocycles. The molecular formula is C23H25NO5. The fourth-order valence-corrected chi connectivity index (χ4v) is 3.96. The van der Waals surface area contributed by atoms with Crippen LogP contribution in [-0.4, -0.2) is 27.2 Å². The monoisotopic (exact) mass is 395 g/mol. The number of ether oxygens (including phenoxy) is 3. The minimum Gasteiger partial charge on any atom is -0.493 e. The third kappa shape index (κ3) is 3.75. The van der Waals surface area contributed by atoms with Gasteiger partial charge < -0.3 is 23.9 Å². The average Bonchev–Trinajstić information content (AvgIpc) is 3.36. The van der Waals surface area contributed by atoms with Gasteiger partial charge in [0.1, 0.15) is 5.58 Å². The molecule has 3 aromatic rings. The second-order valence-electron chi connectivity index (χ2n) is 7.22. The van der Waals surface area contributed by atoms with Gasteiger partial charge in [0.05, 0.1) is 34.0 Å². The van der Waals surface area contributed by atoms with Crippen molar-refractivity contribution in [2.75, 3.05) is 21.3 Å². The number of nitrogens with one attached hydrogen (secondary N) is 1. The van der Waals surface area contributed by atoms with Crippen LogP contribution in [-0.2, 0) is 30.6 Å². The number of methoxy groups -OCH3 is 3. The summed E-state index contributed by atoms with van der Waals surface area (Å²) in [6, 6.07) is 7.97. The van der Waals surface area contributed by atoms with Crippen LogP contribution in [0.5, 0.6) is 17.2 Å². The predicted molar refractivity (Wildman–Crippen MR) is 110 cm³/mol. The maximum Gasteiger partial charge on any atom is 0.224 e. The first kappa shape index (κ1) is 19.2. The third-order valence-electron chi connectivity index (χ3n) is 5.43. The minimum absolute atomic E-state index is 0.0676. The molecule has 1 heterocycles. The van der Waals surface area contributed by atoms with Gasteiger partial charge in [0, 0.05) is 17.5 Å². The third-order valence-corrected chi connectivity index (χ3v) is 5.43. The van der Waals surface area contributed by atoms with Gasteiger partial charge in [-0.25, -0.2) is 0 Å². The summed E-state index contributed by atoms with van der Waals surface area (Å²) in [5.74, 6) is 1.58. The highest BCUT2D eigenvalue weighted by molar-refractivity contribution is 5.88. The van der Waals surface area contributed by atoms with Gasteiger partial charge in [0.15, 0.2) is 11.5 Å². The molecule has 0 aliphatic heterocycles. The normalized spacial score (nSPS) is 12.7. The lowest BCUT2D eigenvalue weighted by Crippen LogP contribution is -2.24. The van der Waals surface area contributed by atoms with Crippen molar-refractivity contribution in [1.29, 1.82) is 0 Å². The molecule has 0 atom stereocenters. The Balaban J connectivity index is 1.46. The van der Waals surface area contributed by atoms with E-state index in [9.17, 15) is 4.79 Å². The molecule has 0 fully saturated rings. The number of amides is 1. The van der Waals surface area contributed by atoms with E-state index in [1.807, 2.05) is 12.1 Å². The smallest absolute Gasteiger partial charge is 0.224 e. The van der Waals surface area contributed by atoms with Crippen LogP contribution in [0.2, 0.25) is 0 Å². The van der Waals surface area contributed by atoms with Crippen molar-refractivity contribution in [2.24, 2.45) is 0 Å². The molecule has 29 heavy (non-hydrogen) atoms. The van der Waals surface area contributed by atoms with Crippen molar-refractivity contribution in [2.45, 2.75) is 32.2 Å². The van der Waals surface area contributed by atoms with Crippen molar-refractivity contribution in [3.05, 3.63) is 52.8 Å².